The van der Waals surface area contributed by atoms with Crippen LogP contribution in [0.4, 0.5) is 5.69 Å². The molecule has 2 rings (SSSR count). The largest absolute Gasteiger partial charge is 0.497 e. The minimum Gasteiger partial charge on any atom is -0.497 e. The summed E-state index contributed by atoms with van der Waals surface area (Å²) in [4.78, 5) is 0. The Morgan fingerprint density at radius 2 is 1.79 bits per heavy atom. The highest BCUT2D eigenvalue weighted by Crippen LogP contribution is 2.35. The van der Waals surface area contributed by atoms with Crippen molar-refractivity contribution in [3.63, 3.8) is 0 Å². The molecule has 7 heteroatoms. The van der Waals surface area contributed by atoms with Crippen LogP contribution in [-0.4, -0.2) is 26.4 Å². The highest BCUT2D eigenvalue weighted by atomic mass is 35.5. The first-order valence-corrected chi connectivity index (χ1v) is 7.95. The van der Waals surface area contributed by atoms with Gasteiger partial charge in [-0.25, -0.2) is 0 Å². The summed E-state index contributed by atoms with van der Waals surface area (Å²) in [5, 5.41) is 7.15. The van der Waals surface area contributed by atoms with Crippen LogP contribution in [0.1, 0.15) is 5.56 Å². The van der Waals surface area contributed by atoms with E-state index in [9.17, 15) is 0 Å². The number of rotatable bonds is 6. The van der Waals surface area contributed by atoms with Crippen LogP contribution >= 0.6 is 23.8 Å². The third-order valence-electron chi connectivity index (χ3n) is 3.31. The van der Waals surface area contributed by atoms with E-state index in [0.29, 0.717) is 33.9 Å². The number of benzene rings is 2. The zero-order chi connectivity index (χ0) is 17.5. The lowest BCUT2D eigenvalue weighted by Crippen LogP contribution is -2.28. The third-order valence-corrected chi connectivity index (χ3v) is 3.85. The zero-order valence-corrected chi connectivity index (χ0v) is 15.3. The van der Waals surface area contributed by atoms with Crippen molar-refractivity contribution in [2.45, 2.75) is 6.54 Å². The van der Waals surface area contributed by atoms with Gasteiger partial charge in [-0.2, -0.15) is 0 Å². The van der Waals surface area contributed by atoms with Gasteiger partial charge in [0.2, 0.25) is 0 Å². The van der Waals surface area contributed by atoms with Gasteiger partial charge in [-0.3, -0.25) is 0 Å². The average Bonchev–Trinajstić information content (AvgIpc) is 2.61. The van der Waals surface area contributed by atoms with Crippen molar-refractivity contribution in [3.8, 4) is 17.2 Å². The van der Waals surface area contributed by atoms with Gasteiger partial charge in [0.15, 0.2) is 5.11 Å². The van der Waals surface area contributed by atoms with Crippen molar-refractivity contribution in [1.29, 1.82) is 0 Å². The molecule has 2 aromatic carbocycles. The Bertz CT molecular complexity index is 725. The van der Waals surface area contributed by atoms with Gasteiger partial charge in [-0.1, -0.05) is 23.7 Å². The van der Waals surface area contributed by atoms with E-state index in [4.69, 9.17) is 38.0 Å². The van der Waals surface area contributed by atoms with Crippen LogP contribution in [0, 0.1) is 0 Å². The van der Waals surface area contributed by atoms with Gasteiger partial charge in [-0.15, -0.1) is 0 Å². The molecule has 2 N–H and O–H groups in total. The van der Waals surface area contributed by atoms with Crippen molar-refractivity contribution in [3.05, 3.63) is 47.0 Å². The van der Waals surface area contributed by atoms with E-state index < -0.39 is 0 Å². The van der Waals surface area contributed by atoms with E-state index in [1.165, 1.54) is 0 Å². The molecule has 0 saturated carbocycles. The summed E-state index contributed by atoms with van der Waals surface area (Å²) in [5.74, 6) is 1.92. The van der Waals surface area contributed by atoms with Crippen LogP contribution in [-0.2, 0) is 6.54 Å². The molecule has 0 atom stereocenters. The molecule has 2 aromatic rings. The fourth-order valence-corrected chi connectivity index (χ4v) is 2.50. The first kappa shape index (κ1) is 18.2. The molecule has 5 nitrogen and oxygen atoms in total. The van der Waals surface area contributed by atoms with Crippen LogP contribution in [0.3, 0.4) is 0 Å². The minimum atomic E-state index is 0.459. The fourth-order valence-electron chi connectivity index (χ4n) is 2.09. The summed E-state index contributed by atoms with van der Waals surface area (Å²) in [7, 11) is 4.76. The Morgan fingerprint density at radius 1 is 1.04 bits per heavy atom. The predicted octanol–water partition coefficient (Wildman–Crippen LogP) is 3.85. The van der Waals surface area contributed by atoms with Crippen LogP contribution in [0.25, 0.3) is 0 Å². The van der Waals surface area contributed by atoms with Gasteiger partial charge in [0.1, 0.15) is 17.2 Å². The average molecular weight is 367 g/mol. The molecule has 128 valence electrons. The lowest BCUT2D eigenvalue weighted by atomic mass is 10.2. The molecule has 0 aliphatic heterocycles. The molecule has 0 saturated heterocycles. The molecule has 0 heterocycles. The predicted molar refractivity (Wildman–Crippen MR) is 101 cm³/mol. The smallest absolute Gasteiger partial charge is 0.171 e. The van der Waals surface area contributed by atoms with E-state index in [-0.39, 0.29) is 0 Å². The number of thiocarbonyl (C=S) groups is 1. The molecular formula is C17H19ClN2O3S. The Kier molecular flexibility index (Phi) is 6.52. The van der Waals surface area contributed by atoms with E-state index in [0.717, 1.165) is 11.3 Å². The van der Waals surface area contributed by atoms with E-state index >= 15 is 0 Å². The number of ether oxygens (including phenoxy) is 3. The van der Waals surface area contributed by atoms with E-state index in [2.05, 4.69) is 10.6 Å². The van der Waals surface area contributed by atoms with Crippen LogP contribution < -0.4 is 24.8 Å². The second-order valence-corrected chi connectivity index (χ2v) is 5.66. The maximum Gasteiger partial charge on any atom is 0.171 e. The molecular weight excluding hydrogens is 348 g/mol. The van der Waals surface area contributed by atoms with Crippen molar-refractivity contribution in [2.75, 3.05) is 26.6 Å². The Labute approximate surface area is 151 Å². The molecule has 24 heavy (non-hydrogen) atoms. The summed E-state index contributed by atoms with van der Waals surface area (Å²) < 4.78 is 15.7. The van der Waals surface area contributed by atoms with Crippen LogP contribution in [0.15, 0.2) is 36.4 Å². The fraction of sp³-hybridized carbons (Fsp3) is 0.235. The highest BCUT2D eigenvalue weighted by molar-refractivity contribution is 7.80. The van der Waals surface area contributed by atoms with Gasteiger partial charge in [0.25, 0.3) is 0 Å². The first-order valence-electron chi connectivity index (χ1n) is 7.16. The lowest BCUT2D eigenvalue weighted by molar-refractivity contribution is 0.405. The maximum atomic E-state index is 6.09. The van der Waals surface area contributed by atoms with E-state index in [1.807, 2.05) is 24.3 Å². The number of hydrogen-bond donors (Lipinski definition) is 2. The van der Waals surface area contributed by atoms with Crippen LogP contribution in [0.5, 0.6) is 17.2 Å². The molecule has 0 spiro atoms. The van der Waals surface area contributed by atoms with Gasteiger partial charge < -0.3 is 24.8 Å². The van der Waals surface area contributed by atoms with Crippen molar-refractivity contribution in [1.82, 2.24) is 5.32 Å². The number of hydrogen-bond acceptors (Lipinski definition) is 4. The summed E-state index contributed by atoms with van der Waals surface area (Å²) in [5.41, 5.74) is 1.72. The standard InChI is InChI=1S/C17H19ClN2O3S/c1-21-12-6-4-5-11(7-12)10-19-17(24)20-14-9-15(22-2)13(18)8-16(14)23-3/h4-9H,10H2,1-3H3,(H2,19,20,24). The Hall–Kier alpha value is -2.18. The lowest BCUT2D eigenvalue weighted by Gasteiger charge is -2.15. The molecule has 0 bridgehead atoms. The van der Waals surface area contributed by atoms with Crippen molar-refractivity contribution in [2.24, 2.45) is 0 Å². The number of anilines is 1. The summed E-state index contributed by atoms with van der Waals surface area (Å²) in [6.45, 7) is 0.566. The quantitative estimate of drug-likeness (QED) is 0.757. The third kappa shape index (κ3) is 4.66. The van der Waals surface area contributed by atoms with Gasteiger partial charge in [0, 0.05) is 18.7 Å². The molecule has 0 aliphatic carbocycles. The molecule has 0 aliphatic rings. The highest BCUT2D eigenvalue weighted by Gasteiger charge is 2.11. The minimum absolute atomic E-state index is 0.459. The molecule has 0 unspecified atom stereocenters. The monoisotopic (exact) mass is 366 g/mol. The molecule has 0 aromatic heterocycles. The second-order valence-electron chi connectivity index (χ2n) is 4.85. The summed E-state index contributed by atoms with van der Waals surface area (Å²) in [6.07, 6.45) is 0. The SMILES string of the molecule is COc1cccc(CNC(=S)Nc2cc(OC)c(Cl)cc2OC)c1. The Morgan fingerprint density at radius 3 is 2.46 bits per heavy atom. The van der Waals surface area contributed by atoms with Crippen molar-refractivity contribution < 1.29 is 14.2 Å². The zero-order valence-electron chi connectivity index (χ0n) is 13.7. The molecule has 0 radical (unpaired) electrons. The van der Waals surface area contributed by atoms with Crippen molar-refractivity contribution >= 4 is 34.6 Å². The number of halogens is 1. The van der Waals surface area contributed by atoms with Gasteiger partial charge >= 0.3 is 0 Å². The topological polar surface area (TPSA) is 51.8 Å². The van der Waals surface area contributed by atoms with Gasteiger partial charge in [-0.05, 0) is 29.9 Å². The summed E-state index contributed by atoms with van der Waals surface area (Å²) in [6, 6.07) is 11.2. The first-order chi connectivity index (χ1) is 11.6. The molecule has 0 fully saturated rings. The number of nitrogens with one attached hydrogen (secondary N) is 2. The van der Waals surface area contributed by atoms with E-state index in [1.54, 1.807) is 33.5 Å². The summed E-state index contributed by atoms with van der Waals surface area (Å²) >= 11 is 11.4. The van der Waals surface area contributed by atoms with Crippen LogP contribution in [0.2, 0.25) is 5.02 Å². The maximum absolute atomic E-state index is 6.09. The number of methoxy groups -OCH3 is 3. The second kappa shape index (κ2) is 8.61. The van der Waals surface area contributed by atoms with Gasteiger partial charge in [0.05, 0.1) is 32.0 Å². The Balaban J connectivity index is 2.04. The molecule has 0 amide bonds. The normalized spacial score (nSPS) is 10.0.